The fourth-order valence-electron chi connectivity index (χ4n) is 3.54. The zero-order chi connectivity index (χ0) is 21.8. The van der Waals surface area contributed by atoms with E-state index in [0.717, 1.165) is 46.9 Å². The molecule has 1 aliphatic rings. The summed E-state index contributed by atoms with van der Waals surface area (Å²) >= 11 is 0. The van der Waals surface area contributed by atoms with Gasteiger partial charge >= 0.3 is 0 Å². The second-order valence-corrected chi connectivity index (χ2v) is 7.90. The van der Waals surface area contributed by atoms with E-state index < -0.39 is 0 Å². The lowest BCUT2D eigenvalue weighted by molar-refractivity contribution is 0.102. The van der Waals surface area contributed by atoms with E-state index in [1.54, 1.807) is 6.20 Å². The SMILES string of the molecule is Cc1ccc(NC(=O)c2cc(C)ccc2NCc2ccc(C3=NCCN3C)cc2)nc1. The minimum Gasteiger partial charge on any atom is -0.380 e. The molecular formula is C25H27N5O. The number of nitrogens with one attached hydrogen (secondary N) is 2. The highest BCUT2D eigenvalue weighted by Gasteiger charge is 2.15. The Balaban J connectivity index is 1.46. The maximum Gasteiger partial charge on any atom is 0.258 e. The first kappa shape index (κ1) is 20.6. The number of hydrogen-bond donors (Lipinski definition) is 2. The molecule has 6 nitrogen and oxygen atoms in total. The van der Waals surface area contributed by atoms with Gasteiger partial charge in [0.1, 0.15) is 11.7 Å². The third-order valence-corrected chi connectivity index (χ3v) is 5.33. The molecule has 0 unspecified atom stereocenters. The van der Waals surface area contributed by atoms with Crippen molar-refractivity contribution in [3.8, 4) is 0 Å². The molecule has 0 aliphatic carbocycles. The van der Waals surface area contributed by atoms with Crippen LogP contribution in [-0.4, -0.2) is 41.8 Å². The molecule has 2 heterocycles. The van der Waals surface area contributed by atoms with Crippen molar-refractivity contribution in [1.29, 1.82) is 0 Å². The molecule has 0 bridgehead atoms. The lowest BCUT2D eigenvalue weighted by Crippen LogP contribution is -2.23. The Morgan fingerprint density at radius 1 is 1.03 bits per heavy atom. The highest BCUT2D eigenvalue weighted by atomic mass is 16.1. The molecule has 0 spiro atoms. The summed E-state index contributed by atoms with van der Waals surface area (Å²) in [5, 5.41) is 6.29. The van der Waals surface area contributed by atoms with Crippen LogP contribution in [-0.2, 0) is 6.54 Å². The zero-order valence-corrected chi connectivity index (χ0v) is 18.1. The maximum atomic E-state index is 12.9. The number of rotatable bonds is 6. The maximum absolute atomic E-state index is 12.9. The Kier molecular flexibility index (Phi) is 5.98. The molecule has 1 amide bonds. The first-order valence-corrected chi connectivity index (χ1v) is 10.4. The summed E-state index contributed by atoms with van der Waals surface area (Å²) in [6.45, 7) is 6.38. The fourth-order valence-corrected chi connectivity index (χ4v) is 3.54. The fraction of sp³-hybridized carbons (Fsp3) is 0.240. The van der Waals surface area contributed by atoms with E-state index in [0.29, 0.717) is 17.9 Å². The van der Waals surface area contributed by atoms with Crippen LogP contribution in [0.5, 0.6) is 0 Å². The standard InChI is InChI=1S/C25H27N5O/c1-17-4-10-22(21(14-17)25(31)29-23-11-5-18(2)15-28-23)27-16-19-6-8-20(9-7-19)24-26-12-13-30(24)3/h4-11,14-15,27H,12-13,16H2,1-3H3,(H,28,29,31). The molecule has 0 saturated heterocycles. The number of amides is 1. The van der Waals surface area contributed by atoms with Crippen LogP contribution in [0.2, 0.25) is 0 Å². The summed E-state index contributed by atoms with van der Waals surface area (Å²) in [5.74, 6) is 1.40. The van der Waals surface area contributed by atoms with Gasteiger partial charge in [-0.15, -0.1) is 0 Å². The second-order valence-electron chi connectivity index (χ2n) is 7.90. The third-order valence-electron chi connectivity index (χ3n) is 5.33. The van der Waals surface area contributed by atoms with Gasteiger partial charge in [-0.2, -0.15) is 0 Å². The largest absolute Gasteiger partial charge is 0.380 e. The van der Waals surface area contributed by atoms with Crippen LogP contribution in [0.3, 0.4) is 0 Å². The summed E-state index contributed by atoms with van der Waals surface area (Å²) in [6, 6.07) is 18.0. The summed E-state index contributed by atoms with van der Waals surface area (Å²) in [6.07, 6.45) is 1.74. The quantitative estimate of drug-likeness (QED) is 0.634. The third kappa shape index (κ3) is 4.91. The number of anilines is 2. The number of aliphatic imine (C=N–C) groups is 1. The molecule has 1 aliphatic heterocycles. The van der Waals surface area contributed by atoms with E-state index in [2.05, 4.69) is 56.8 Å². The van der Waals surface area contributed by atoms with Crippen molar-refractivity contribution >= 4 is 23.2 Å². The molecule has 0 radical (unpaired) electrons. The Hall–Kier alpha value is -3.67. The smallest absolute Gasteiger partial charge is 0.258 e. The van der Waals surface area contributed by atoms with Crippen LogP contribution in [0, 0.1) is 13.8 Å². The van der Waals surface area contributed by atoms with Crippen LogP contribution >= 0.6 is 0 Å². The monoisotopic (exact) mass is 413 g/mol. The van der Waals surface area contributed by atoms with Gasteiger partial charge in [-0.05, 0) is 43.2 Å². The number of likely N-dealkylation sites (N-methyl/N-ethyl adjacent to an activating group) is 1. The van der Waals surface area contributed by atoms with Crippen molar-refractivity contribution in [3.05, 3.63) is 88.6 Å². The van der Waals surface area contributed by atoms with Gasteiger partial charge in [0.25, 0.3) is 5.91 Å². The van der Waals surface area contributed by atoms with E-state index >= 15 is 0 Å². The predicted molar refractivity (Wildman–Crippen MR) is 126 cm³/mol. The van der Waals surface area contributed by atoms with Crippen LogP contribution in [0.4, 0.5) is 11.5 Å². The average Bonchev–Trinajstić information content (AvgIpc) is 3.20. The molecule has 6 heteroatoms. The molecule has 0 saturated carbocycles. The van der Waals surface area contributed by atoms with Crippen molar-refractivity contribution in [2.45, 2.75) is 20.4 Å². The molecule has 4 rings (SSSR count). The van der Waals surface area contributed by atoms with Crippen molar-refractivity contribution in [2.24, 2.45) is 4.99 Å². The van der Waals surface area contributed by atoms with Gasteiger partial charge in [0.15, 0.2) is 0 Å². The lowest BCUT2D eigenvalue weighted by Gasteiger charge is -2.15. The number of aromatic nitrogens is 1. The molecule has 2 aromatic carbocycles. The summed E-state index contributed by atoms with van der Waals surface area (Å²) in [5.41, 5.74) is 5.73. The van der Waals surface area contributed by atoms with Crippen molar-refractivity contribution in [1.82, 2.24) is 9.88 Å². The summed E-state index contributed by atoms with van der Waals surface area (Å²) in [7, 11) is 2.07. The minimum atomic E-state index is -0.180. The van der Waals surface area contributed by atoms with Crippen molar-refractivity contribution in [2.75, 3.05) is 30.8 Å². The number of carbonyl (C=O) groups is 1. The first-order valence-electron chi connectivity index (χ1n) is 10.4. The topological polar surface area (TPSA) is 69.6 Å². The molecule has 0 atom stereocenters. The molecular weight excluding hydrogens is 386 g/mol. The first-order chi connectivity index (χ1) is 15.0. The second kappa shape index (κ2) is 9.00. The predicted octanol–water partition coefficient (Wildman–Crippen LogP) is 4.25. The molecule has 3 aromatic rings. The van der Waals surface area contributed by atoms with Gasteiger partial charge in [-0.3, -0.25) is 9.79 Å². The molecule has 2 N–H and O–H groups in total. The highest BCUT2D eigenvalue weighted by Crippen LogP contribution is 2.20. The van der Waals surface area contributed by atoms with Crippen LogP contribution in [0.1, 0.15) is 32.6 Å². The number of carbonyl (C=O) groups excluding carboxylic acids is 1. The Bertz CT molecular complexity index is 1100. The number of hydrogen-bond acceptors (Lipinski definition) is 5. The zero-order valence-electron chi connectivity index (χ0n) is 18.1. The van der Waals surface area contributed by atoms with Crippen LogP contribution in [0.25, 0.3) is 0 Å². The van der Waals surface area contributed by atoms with Gasteiger partial charge in [0.05, 0.1) is 12.1 Å². The lowest BCUT2D eigenvalue weighted by atomic mass is 10.1. The summed E-state index contributed by atoms with van der Waals surface area (Å²) in [4.78, 5) is 23.9. The van der Waals surface area contributed by atoms with E-state index in [4.69, 9.17) is 0 Å². The van der Waals surface area contributed by atoms with Crippen LogP contribution < -0.4 is 10.6 Å². The molecule has 31 heavy (non-hydrogen) atoms. The number of nitrogens with zero attached hydrogens (tertiary/aromatic N) is 3. The molecule has 0 fully saturated rings. The van der Waals surface area contributed by atoms with Gasteiger partial charge in [-0.25, -0.2) is 4.98 Å². The van der Waals surface area contributed by atoms with Gasteiger partial charge in [0.2, 0.25) is 0 Å². The number of aryl methyl sites for hydroxylation is 2. The van der Waals surface area contributed by atoms with Crippen molar-refractivity contribution < 1.29 is 4.79 Å². The van der Waals surface area contributed by atoms with Gasteiger partial charge in [-0.1, -0.05) is 42.0 Å². The van der Waals surface area contributed by atoms with E-state index in [9.17, 15) is 4.79 Å². The van der Waals surface area contributed by atoms with Crippen molar-refractivity contribution in [3.63, 3.8) is 0 Å². The average molecular weight is 414 g/mol. The number of pyridine rings is 1. The molecule has 158 valence electrons. The van der Waals surface area contributed by atoms with E-state index in [1.165, 1.54) is 0 Å². The summed E-state index contributed by atoms with van der Waals surface area (Å²) < 4.78 is 0. The Morgan fingerprint density at radius 3 is 2.48 bits per heavy atom. The Labute approximate surface area is 183 Å². The number of benzene rings is 2. The number of amidine groups is 1. The van der Waals surface area contributed by atoms with Gasteiger partial charge < -0.3 is 15.5 Å². The molecule has 1 aromatic heterocycles. The minimum absolute atomic E-state index is 0.180. The van der Waals surface area contributed by atoms with E-state index in [-0.39, 0.29) is 5.91 Å². The van der Waals surface area contributed by atoms with E-state index in [1.807, 2.05) is 44.2 Å². The Morgan fingerprint density at radius 2 is 1.81 bits per heavy atom. The normalized spacial score (nSPS) is 13.1. The van der Waals surface area contributed by atoms with Crippen LogP contribution in [0.15, 0.2) is 65.8 Å². The highest BCUT2D eigenvalue weighted by molar-refractivity contribution is 6.07. The van der Waals surface area contributed by atoms with Gasteiger partial charge in [0, 0.05) is 37.6 Å².